The summed E-state index contributed by atoms with van der Waals surface area (Å²) in [5.74, 6) is 2.77. The largest absolute Gasteiger partial charge is 0.381 e. The molecule has 1 saturated heterocycles. The molecule has 6 heteroatoms. The summed E-state index contributed by atoms with van der Waals surface area (Å²) < 4.78 is 13.9. The number of nitrogens with zero attached hydrogens (tertiary/aromatic N) is 4. The lowest BCUT2D eigenvalue weighted by molar-refractivity contribution is -0.0619. The van der Waals surface area contributed by atoms with Crippen LogP contribution in [0.25, 0.3) is 0 Å². The number of hydrogen-bond donors (Lipinski definition) is 0. The van der Waals surface area contributed by atoms with Crippen LogP contribution in [0, 0.1) is 12.8 Å². The molecule has 23 heavy (non-hydrogen) atoms. The van der Waals surface area contributed by atoms with Crippen molar-refractivity contribution in [1.82, 2.24) is 19.7 Å². The average Bonchev–Trinajstić information content (AvgIpc) is 3.17. The molecule has 0 unspecified atom stereocenters. The highest BCUT2D eigenvalue weighted by Crippen LogP contribution is 2.38. The molecule has 1 aromatic rings. The normalized spacial score (nSPS) is 32.5. The monoisotopic (exact) mass is 320 g/mol. The Morgan fingerprint density at radius 3 is 2.87 bits per heavy atom. The van der Waals surface area contributed by atoms with Gasteiger partial charge in [-0.05, 0) is 32.6 Å². The Labute approximate surface area is 138 Å². The molecule has 2 aliphatic carbocycles. The van der Waals surface area contributed by atoms with E-state index in [9.17, 15) is 0 Å². The minimum Gasteiger partial charge on any atom is -0.381 e. The first kappa shape index (κ1) is 15.5. The van der Waals surface area contributed by atoms with Gasteiger partial charge in [0.2, 0.25) is 0 Å². The quantitative estimate of drug-likeness (QED) is 0.830. The average molecular weight is 320 g/mol. The van der Waals surface area contributed by atoms with Gasteiger partial charge < -0.3 is 14.0 Å². The Hall–Kier alpha value is -0.980. The zero-order valence-electron chi connectivity index (χ0n) is 14.3. The van der Waals surface area contributed by atoms with Crippen molar-refractivity contribution in [3.05, 3.63) is 11.6 Å². The van der Waals surface area contributed by atoms with Crippen LogP contribution < -0.4 is 0 Å². The summed E-state index contributed by atoms with van der Waals surface area (Å²) in [5, 5.41) is 8.80. The van der Waals surface area contributed by atoms with Crippen LogP contribution in [-0.4, -0.2) is 58.7 Å². The van der Waals surface area contributed by atoms with E-state index < -0.39 is 0 Å². The summed E-state index contributed by atoms with van der Waals surface area (Å²) in [6.45, 7) is 5.58. The van der Waals surface area contributed by atoms with Gasteiger partial charge in [0.1, 0.15) is 11.6 Å². The summed E-state index contributed by atoms with van der Waals surface area (Å²) in [6, 6.07) is 1.08. The van der Waals surface area contributed by atoms with Crippen LogP contribution in [0.1, 0.15) is 49.8 Å². The van der Waals surface area contributed by atoms with Crippen molar-refractivity contribution in [3.63, 3.8) is 0 Å². The van der Waals surface area contributed by atoms with E-state index in [-0.39, 0.29) is 0 Å². The summed E-state index contributed by atoms with van der Waals surface area (Å²) in [5.41, 5.74) is 0. The van der Waals surface area contributed by atoms with Crippen LogP contribution in [0.5, 0.6) is 0 Å². The SMILES string of the molecule is CO[C@@H]1CCC[C@@H]1[C@@H]1COCCN1Cc1nnc(C)n1C1CC1. The van der Waals surface area contributed by atoms with E-state index in [1.807, 2.05) is 7.11 Å². The van der Waals surface area contributed by atoms with E-state index in [1.54, 1.807) is 0 Å². The first-order chi connectivity index (χ1) is 11.3. The Balaban J connectivity index is 1.52. The van der Waals surface area contributed by atoms with Gasteiger partial charge in [0.25, 0.3) is 0 Å². The molecule has 128 valence electrons. The molecule has 0 N–H and O–H groups in total. The molecule has 4 rings (SSSR count). The van der Waals surface area contributed by atoms with Crippen LogP contribution in [-0.2, 0) is 16.0 Å². The lowest BCUT2D eigenvalue weighted by atomic mass is 9.94. The van der Waals surface area contributed by atoms with E-state index in [2.05, 4.69) is 26.6 Å². The summed E-state index contributed by atoms with van der Waals surface area (Å²) in [6.07, 6.45) is 6.62. The highest BCUT2D eigenvalue weighted by atomic mass is 16.5. The van der Waals surface area contributed by atoms with Gasteiger partial charge in [-0.25, -0.2) is 0 Å². The molecule has 2 saturated carbocycles. The van der Waals surface area contributed by atoms with Crippen LogP contribution in [0.2, 0.25) is 0 Å². The second-order valence-electron chi connectivity index (χ2n) is 7.25. The Bertz CT molecular complexity index is 543. The third-order valence-corrected chi connectivity index (χ3v) is 5.77. The molecule has 1 aliphatic heterocycles. The fraction of sp³-hybridized carbons (Fsp3) is 0.882. The minimum absolute atomic E-state index is 0.382. The lowest BCUT2D eigenvalue weighted by Gasteiger charge is -2.40. The first-order valence-electron chi connectivity index (χ1n) is 9.03. The maximum Gasteiger partial charge on any atom is 0.147 e. The molecular formula is C17H28N4O2. The highest BCUT2D eigenvalue weighted by Gasteiger charge is 2.39. The number of aromatic nitrogens is 3. The van der Waals surface area contributed by atoms with Gasteiger partial charge >= 0.3 is 0 Å². The number of morpholine rings is 1. The summed E-state index contributed by atoms with van der Waals surface area (Å²) in [4.78, 5) is 2.56. The molecule has 0 radical (unpaired) electrons. The maximum absolute atomic E-state index is 5.81. The van der Waals surface area contributed by atoms with E-state index in [4.69, 9.17) is 9.47 Å². The van der Waals surface area contributed by atoms with Crippen molar-refractivity contribution >= 4 is 0 Å². The van der Waals surface area contributed by atoms with Gasteiger partial charge in [-0.3, -0.25) is 4.90 Å². The zero-order valence-corrected chi connectivity index (χ0v) is 14.3. The van der Waals surface area contributed by atoms with Gasteiger partial charge in [-0.1, -0.05) is 6.42 Å². The van der Waals surface area contributed by atoms with Gasteiger partial charge in [0.05, 0.1) is 25.9 Å². The van der Waals surface area contributed by atoms with Crippen LogP contribution in [0.15, 0.2) is 0 Å². The lowest BCUT2D eigenvalue weighted by Crippen LogP contribution is -2.51. The van der Waals surface area contributed by atoms with Crippen molar-refractivity contribution in [3.8, 4) is 0 Å². The second-order valence-corrected chi connectivity index (χ2v) is 7.25. The molecule has 3 atom stereocenters. The molecule has 0 amide bonds. The van der Waals surface area contributed by atoms with Gasteiger partial charge in [-0.15, -0.1) is 10.2 Å². The van der Waals surface area contributed by atoms with Crippen molar-refractivity contribution in [2.45, 2.75) is 63.8 Å². The molecule has 3 aliphatic rings. The second kappa shape index (κ2) is 6.49. The number of aryl methyl sites for hydroxylation is 1. The molecule has 3 fully saturated rings. The van der Waals surface area contributed by atoms with Crippen molar-refractivity contribution < 1.29 is 9.47 Å². The molecular weight excluding hydrogens is 292 g/mol. The number of methoxy groups -OCH3 is 1. The molecule has 0 bridgehead atoms. The van der Waals surface area contributed by atoms with E-state index in [1.165, 1.54) is 32.1 Å². The fourth-order valence-corrected chi connectivity index (χ4v) is 4.45. The Morgan fingerprint density at radius 2 is 2.09 bits per heavy atom. The van der Waals surface area contributed by atoms with Crippen LogP contribution >= 0.6 is 0 Å². The topological polar surface area (TPSA) is 52.4 Å². The number of rotatable bonds is 5. The Kier molecular flexibility index (Phi) is 4.39. The van der Waals surface area contributed by atoms with Gasteiger partial charge in [-0.2, -0.15) is 0 Å². The molecule has 0 aromatic carbocycles. The molecule has 0 spiro atoms. The highest BCUT2D eigenvalue weighted by molar-refractivity contribution is 5.02. The fourth-order valence-electron chi connectivity index (χ4n) is 4.45. The molecule has 2 heterocycles. The summed E-state index contributed by atoms with van der Waals surface area (Å²) in [7, 11) is 1.85. The predicted octanol–water partition coefficient (Wildman–Crippen LogP) is 1.94. The van der Waals surface area contributed by atoms with Gasteiger partial charge in [0, 0.05) is 31.7 Å². The summed E-state index contributed by atoms with van der Waals surface area (Å²) >= 11 is 0. The smallest absolute Gasteiger partial charge is 0.147 e. The van der Waals surface area contributed by atoms with E-state index >= 15 is 0 Å². The standard InChI is InChI=1S/C17H28N4O2/c1-12-18-19-17(21(12)13-6-7-13)10-20-8-9-23-11-15(20)14-4-3-5-16(14)22-2/h13-16H,3-11H2,1-2H3/t14-,15+,16-/m1/s1. The van der Waals surface area contributed by atoms with Crippen molar-refractivity contribution in [1.29, 1.82) is 0 Å². The number of ether oxygens (including phenoxy) is 2. The van der Waals surface area contributed by atoms with Crippen LogP contribution in [0.4, 0.5) is 0 Å². The van der Waals surface area contributed by atoms with E-state index in [0.29, 0.717) is 24.1 Å². The predicted molar refractivity (Wildman–Crippen MR) is 86.2 cm³/mol. The van der Waals surface area contributed by atoms with Gasteiger partial charge in [0.15, 0.2) is 0 Å². The third-order valence-electron chi connectivity index (χ3n) is 5.77. The third kappa shape index (κ3) is 3.04. The van der Waals surface area contributed by atoms with Crippen molar-refractivity contribution in [2.75, 3.05) is 26.9 Å². The molecule has 1 aromatic heterocycles. The zero-order chi connectivity index (χ0) is 15.8. The van der Waals surface area contributed by atoms with Crippen molar-refractivity contribution in [2.24, 2.45) is 5.92 Å². The van der Waals surface area contributed by atoms with E-state index in [0.717, 1.165) is 38.0 Å². The first-order valence-corrected chi connectivity index (χ1v) is 9.03. The molecule has 6 nitrogen and oxygen atoms in total. The number of hydrogen-bond acceptors (Lipinski definition) is 5. The van der Waals surface area contributed by atoms with Crippen LogP contribution in [0.3, 0.4) is 0 Å². The maximum atomic E-state index is 5.81. The Morgan fingerprint density at radius 1 is 1.22 bits per heavy atom. The minimum atomic E-state index is 0.382.